The van der Waals surface area contributed by atoms with Gasteiger partial charge < -0.3 is 14.6 Å². The second kappa shape index (κ2) is 8.89. The Morgan fingerprint density at radius 3 is 2.50 bits per heavy atom. The molecule has 0 saturated carbocycles. The van der Waals surface area contributed by atoms with Crippen molar-refractivity contribution in [2.24, 2.45) is 11.8 Å². The van der Waals surface area contributed by atoms with E-state index in [9.17, 15) is 4.79 Å². The Kier molecular flexibility index (Phi) is 7.09. The van der Waals surface area contributed by atoms with Crippen molar-refractivity contribution in [2.45, 2.75) is 19.8 Å². The molecule has 5 nitrogen and oxygen atoms in total. The summed E-state index contributed by atoms with van der Waals surface area (Å²) in [6, 6.07) is 8.17. The zero-order valence-electron chi connectivity index (χ0n) is 14.8. The minimum atomic E-state index is 0. The summed E-state index contributed by atoms with van der Waals surface area (Å²) in [7, 11) is 0. The number of carbonyl (C=O) groups excluding carboxylic acids is 1. The largest absolute Gasteiger partial charge is 0.441 e. The molecule has 0 aliphatic carbocycles. The van der Waals surface area contributed by atoms with Crippen molar-refractivity contribution in [3.05, 3.63) is 41.9 Å². The third-order valence-corrected chi connectivity index (χ3v) is 5.18. The quantitative estimate of drug-likeness (QED) is 0.860. The van der Waals surface area contributed by atoms with E-state index in [1.807, 2.05) is 17.0 Å². The van der Waals surface area contributed by atoms with E-state index in [1.165, 1.54) is 5.56 Å². The first-order valence-corrected chi connectivity index (χ1v) is 8.69. The van der Waals surface area contributed by atoms with E-state index in [2.05, 4.69) is 29.4 Å². The van der Waals surface area contributed by atoms with Crippen molar-refractivity contribution < 1.29 is 9.21 Å². The molecule has 0 unspecified atom stereocenters. The minimum absolute atomic E-state index is 0. The molecule has 142 valence electrons. The lowest BCUT2D eigenvalue weighted by Gasteiger charge is -2.16. The van der Waals surface area contributed by atoms with Gasteiger partial charge in [-0.25, -0.2) is 4.98 Å². The number of amides is 1. The Morgan fingerprint density at radius 1 is 1.19 bits per heavy atom. The zero-order valence-corrected chi connectivity index (χ0v) is 16.4. The van der Waals surface area contributed by atoms with Crippen LogP contribution in [-0.2, 0) is 11.2 Å². The van der Waals surface area contributed by atoms with Crippen LogP contribution < -0.4 is 5.32 Å². The van der Waals surface area contributed by atoms with Crippen LogP contribution in [0.4, 0.5) is 0 Å². The molecule has 1 amide bonds. The predicted octanol–water partition coefficient (Wildman–Crippen LogP) is 3.10. The van der Waals surface area contributed by atoms with Gasteiger partial charge in [0.25, 0.3) is 0 Å². The number of nitrogens with zero attached hydrogens (tertiary/aromatic N) is 2. The lowest BCUT2D eigenvalue weighted by molar-refractivity contribution is -0.130. The van der Waals surface area contributed by atoms with Gasteiger partial charge in [0.2, 0.25) is 5.91 Å². The first kappa shape index (κ1) is 20.7. The fourth-order valence-electron chi connectivity index (χ4n) is 3.71. The van der Waals surface area contributed by atoms with Crippen LogP contribution in [0.25, 0.3) is 11.3 Å². The molecule has 2 atom stereocenters. The summed E-state index contributed by atoms with van der Waals surface area (Å²) in [4.78, 5) is 18.7. The Labute approximate surface area is 166 Å². The number of carbonyl (C=O) groups is 1. The lowest BCUT2D eigenvalue weighted by Crippen LogP contribution is -2.32. The zero-order chi connectivity index (χ0) is 16.5. The second-order valence-electron chi connectivity index (χ2n) is 6.96. The van der Waals surface area contributed by atoms with Crippen LogP contribution >= 0.6 is 24.8 Å². The highest BCUT2D eigenvalue weighted by molar-refractivity contribution is 5.85. The van der Waals surface area contributed by atoms with Crippen molar-refractivity contribution in [3.63, 3.8) is 0 Å². The van der Waals surface area contributed by atoms with Crippen molar-refractivity contribution in [3.8, 4) is 11.3 Å². The molecule has 7 heteroatoms. The Bertz CT molecular complexity index is 721. The summed E-state index contributed by atoms with van der Waals surface area (Å²) in [5.74, 6) is 2.91. The summed E-state index contributed by atoms with van der Waals surface area (Å²) >= 11 is 0. The van der Waals surface area contributed by atoms with Gasteiger partial charge >= 0.3 is 0 Å². The summed E-state index contributed by atoms with van der Waals surface area (Å²) in [6.07, 6.45) is 2.78. The molecule has 2 aliphatic rings. The second-order valence-corrected chi connectivity index (χ2v) is 6.96. The van der Waals surface area contributed by atoms with Gasteiger partial charge in [-0.15, -0.1) is 24.8 Å². The standard InChI is InChI=1S/C19H23N3O2.2ClH/c1-13-2-4-14(5-3-13)17-10-21-18(24-17)6-7-19(23)22-11-15-8-20-9-16(15)12-22;;/h2-5,10,15-16,20H,6-9,11-12H2,1H3;2*1H/t15-,16+;;. The van der Waals surface area contributed by atoms with Gasteiger partial charge in [-0.05, 0) is 18.8 Å². The molecule has 0 bridgehead atoms. The summed E-state index contributed by atoms with van der Waals surface area (Å²) in [5.41, 5.74) is 2.24. The molecule has 1 aromatic heterocycles. The van der Waals surface area contributed by atoms with Gasteiger partial charge in [0.05, 0.1) is 6.20 Å². The maximum Gasteiger partial charge on any atom is 0.223 e. The Morgan fingerprint density at radius 2 is 1.85 bits per heavy atom. The summed E-state index contributed by atoms with van der Waals surface area (Å²) in [5, 5.41) is 3.40. The predicted molar refractivity (Wildman–Crippen MR) is 106 cm³/mol. The third-order valence-electron chi connectivity index (χ3n) is 5.18. The normalized spacial score (nSPS) is 21.0. The lowest BCUT2D eigenvalue weighted by atomic mass is 10.0. The average molecular weight is 398 g/mol. The molecule has 2 fully saturated rings. The number of halogens is 2. The van der Waals surface area contributed by atoms with Crippen LogP contribution in [0.3, 0.4) is 0 Å². The number of likely N-dealkylation sites (tertiary alicyclic amines) is 1. The van der Waals surface area contributed by atoms with Crippen LogP contribution in [0.5, 0.6) is 0 Å². The number of rotatable bonds is 4. The van der Waals surface area contributed by atoms with Gasteiger partial charge in [0.15, 0.2) is 11.7 Å². The highest BCUT2D eigenvalue weighted by Crippen LogP contribution is 2.27. The number of aryl methyl sites for hydroxylation is 2. The first-order chi connectivity index (χ1) is 11.7. The molecule has 26 heavy (non-hydrogen) atoms. The number of fused-ring (bicyclic) bond motifs is 1. The Hall–Kier alpha value is -1.56. The summed E-state index contributed by atoms with van der Waals surface area (Å²) in [6.45, 7) is 5.96. The van der Waals surface area contributed by atoms with E-state index < -0.39 is 0 Å². The molecule has 3 heterocycles. The Balaban J connectivity index is 0.00000121. The number of hydrogen-bond donors (Lipinski definition) is 1. The van der Waals surface area contributed by atoms with Crippen LogP contribution in [0, 0.1) is 18.8 Å². The van der Waals surface area contributed by atoms with Gasteiger partial charge in [-0.2, -0.15) is 0 Å². The molecular formula is C19H25Cl2N3O2. The molecule has 0 spiro atoms. The fraction of sp³-hybridized carbons (Fsp3) is 0.474. The average Bonchev–Trinajstić information content (AvgIpc) is 3.29. The molecular weight excluding hydrogens is 373 g/mol. The highest BCUT2D eigenvalue weighted by Gasteiger charge is 2.37. The van der Waals surface area contributed by atoms with Crippen LogP contribution in [-0.4, -0.2) is 42.0 Å². The van der Waals surface area contributed by atoms with E-state index >= 15 is 0 Å². The van der Waals surface area contributed by atoms with E-state index in [0.29, 0.717) is 30.6 Å². The molecule has 0 radical (unpaired) electrons. The fourth-order valence-corrected chi connectivity index (χ4v) is 3.71. The topological polar surface area (TPSA) is 58.4 Å². The number of aromatic nitrogens is 1. The van der Waals surface area contributed by atoms with Crippen LogP contribution in [0.2, 0.25) is 0 Å². The van der Waals surface area contributed by atoms with Crippen LogP contribution in [0.15, 0.2) is 34.9 Å². The molecule has 2 aliphatic heterocycles. The summed E-state index contributed by atoms with van der Waals surface area (Å²) < 4.78 is 5.81. The minimum Gasteiger partial charge on any atom is -0.441 e. The third kappa shape index (κ3) is 4.40. The molecule has 4 rings (SSSR count). The molecule has 1 aromatic carbocycles. The van der Waals surface area contributed by atoms with E-state index in [-0.39, 0.29) is 30.7 Å². The number of nitrogens with one attached hydrogen (secondary N) is 1. The van der Waals surface area contributed by atoms with Crippen molar-refractivity contribution in [1.82, 2.24) is 15.2 Å². The van der Waals surface area contributed by atoms with Crippen molar-refractivity contribution in [2.75, 3.05) is 26.2 Å². The number of oxazole rings is 1. The van der Waals surface area contributed by atoms with Crippen molar-refractivity contribution in [1.29, 1.82) is 0 Å². The van der Waals surface area contributed by atoms with E-state index in [1.54, 1.807) is 6.20 Å². The van der Waals surface area contributed by atoms with Gasteiger partial charge in [0, 0.05) is 44.6 Å². The molecule has 1 N–H and O–H groups in total. The number of benzene rings is 1. The van der Waals surface area contributed by atoms with E-state index in [4.69, 9.17) is 4.42 Å². The smallest absolute Gasteiger partial charge is 0.223 e. The van der Waals surface area contributed by atoms with Gasteiger partial charge in [-0.3, -0.25) is 4.79 Å². The molecule has 2 saturated heterocycles. The van der Waals surface area contributed by atoms with E-state index in [0.717, 1.165) is 37.5 Å². The number of hydrogen-bond acceptors (Lipinski definition) is 4. The van der Waals surface area contributed by atoms with Gasteiger partial charge in [-0.1, -0.05) is 29.8 Å². The maximum absolute atomic E-state index is 12.4. The monoisotopic (exact) mass is 397 g/mol. The van der Waals surface area contributed by atoms with Crippen molar-refractivity contribution >= 4 is 30.7 Å². The SMILES string of the molecule is Cc1ccc(-c2cnc(CCC(=O)N3C[C@H]4CNC[C@H]4C3)o2)cc1.Cl.Cl. The highest BCUT2D eigenvalue weighted by atomic mass is 35.5. The first-order valence-electron chi connectivity index (χ1n) is 8.69. The van der Waals surface area contributed by atoms with Crippen LogP contribution in [0.1, 0.15) is 17.9 Å². The van der Waals surface area contributed by atoms with Gasteiger partial charge in [0.1, 0.15) is 0 Å². The molecule has 2 aromatic rings. The maximum atomic E-state index is 12.4.